The standard InChI is InChI=1S/C9H18N2/c10-9(3-4-9)7-8-1-5-11-6-2-8/h8,11H,1-7,10H2. The highest BCUT2D eigenvalue weighted by atomic mass is 14.9. The first kappa shape index (κ1) is 7.56. The average Bonchev–Trinajstić information content (AvgIpc) is 2.70. The van der Waals surface area contributed by atoms with E-state index >= 15 is 0 Å². The topological polar surface area (TPSA) is 38.0 Å². The molecule has 1 heterocycles. The van der Waals surface area contributed by atoms with E-state index in [1.807, 2.05) is 0 Å². The van der Waals surface area contributed by atoms with Crippen molar-refractivity contribution >= 4 is 0 Å². The molecule has 0 unspecified atom stereocenters. The average molecular weight is 154 g/mol. The Hall–Kier alpha value is -0.0800. The second-order valence-electron chi connectivity index (χ2n) is 4.26. The molecule has 0 spiro atoms. The number of nitrogens with two attached hydrogens (primary N) is 1. The highest BCUT2D eigenvalue weighted by molar-refractivity contribution is 5.00. The Kier molecular flexibility index (Phi) is 1.90. The Bertz CT molecular complexity index is 134. The molecule has 2 heteroatoms. The van der Waals surface area contributed by atoms with Gasteiger partial charge < -0.3 is 11.1 Å². The lowest BCUT2D eigenvalue weighted by Crippen LogP contribution is -2.33. The Balaban J connectivity index is 1.76. The molecule has 1 aliphatic carbocycles. The molecule has 0 atom stereocenters. The lowest BCUT2D eigenvalue weighted by Gasteiger charge is -2.24. The second-order valence-corrected chi connectivity index (χ2v) is 4.26. The van der Waals surface area contributed by atoms with Crippen LogP contribution in [0.2, 0.25) is 0 Å². The summed E-state index contributed by atoms with van der Waals surface area (Å²) in [6, 6.07) is 0. The molecule has 1 aliphatic heterocycles. The summed E-state index contributed by atoms with van der Waals surface area (Å²) >= 11 is 0. The Morgan fingerprint density at radius 3 is 2.45 bits per heavy atom. The molecule has 2 aliphatic rings. The van der Waals surface area contributed by atoms with Crippen molar-refractivity contribution in [3.05, 3.63) is 0 Å². The number of hydrogen-bond acceptors (Lipinski definition) is 2. The van der Waals surface area contributed by atoms with Crippen molar-refractivity contribution in [1.29, 1.82) is 0 Å². The van der Waals surface area contributed by atoms with Gasteiger partial charge >= 0.3 is 0 Å². The van der Waals surface area contributed by atoms with E-state index in [0.29, 0.717) is 0 Å². The third kappa shape index (κ3) is 1.94. The highest BCUT2D eigenvalue weighted by Crippen LogP contribution is 2.39. The van der Waals surface area contributed by atoms with Crippen molar-refractivity contribution in [3.8, 4) is 0 Å². The minimum atomic E-state index is 0.280. The molecule has 1 saturated heterocycles. The summed E-state index contributed by atoms with van der Waals surface area (Å²) in [7, 11) is 0. The molecule has 11 heavy (non-hydrogen) atoms. The summed E-state index contributed by atoms with van der Waals surface area (Å²) < 4.78 is 0. The van der Waals surface area contributed by atoms with Gasteiger partial charge in [0.05, 0.1) is 0 Å². The van der Waals surface area contributed by atoms with E-state index in [1.165, 1.54) is 45.2 Å². The van der Waals surface area contributed by atoms with Gasteiger partial charge in [0.15, 0.2) is 0 Å². The van der Waals surface area contributed by atoms with E-state index < -0.39 is 0 Å². The van der Waals surface area contributed by atoms with E-state index in [1.54, 1.807) is 0 Å². The van der Waals surface area contributed by atoms with E-state index in [-0.39, 0.29) is 5.54 Å². The maximum Gasteiger partial charge on any atom is 0.0158 e. The van der Waals surface area contributed by atoms with E-state index in [0.717, 1.165) is 5.92 Å². The third-order valence-electron chi connectivity index (χ3n) is 3.05. The van der Waals surface area contributed by atoms with Gasteiger partial charge in [0.25, 0.3) is 0 Å². The first-order valence-electron chi connectivity index (χ1n) is 4.78. The van der Waals surface area contributed by atoms with Gasteiger partial charge in [0.1, 0.15) is 0 Å². The maximum absolute atomic E-state index is 6.06. The summed E-state index contributed by atoms with van der Waals surface area (Å²) in [5.74, 6) is 0.920. The molecule has 2 fully saturated rings. The van der Waals surface area contributed by atoms with Crippen LogP contribution in [0.1, 0.15) is 32.1 Å². The smallest absolute Gasteiger partial charge is 0.0158 e. The molecule has 0 amide bonds. The van der Waals surface area contributed by atoms with Crippen LogP contribution < -0.4 is 11.1 Å². The quantitative estimate of drug-likeness (QED) is 0.619. The predicted molar refractivity (Wildman–Crippen MR) is 46.4 cm³/mol. The van der Waals surface area contributed by atoms with Crippen LogP contribution in [0.3, 0.4) is 0 Å². The first-order valence-corrected chi connectivity index (χ1v) is 4.78. The fourth-order valence-corrected chi connectivity index (χ4v) is 2.03. The lowest BCUT2D eigenvalue weighted by molar-refractivity contribution is 0.324. The van der Waals surface area contributed by atoms with Crippen molar-refractivity contribution in [2.24, 2.45) is 11.7 Å². The molecule has 1 saturated carbocycles. The Morgan fingerprint density at radius 1 is 1.27 bits per heavy atom. The van der Waals surface area contributed by atoms with Crippen LogP contribution in [0.5, 0.6) is 0 Å². The molecule has 64 valence electrons. The maximum atomic E-state index is 6.06. The largest absolute Gasteiger partial charge is 0.325 e. The van der Waals surface area contributed by atoms with Gasteiger partial charge in [-0.05, 0) is 51.1 Å². The van der Waals surface area contributed by atoms with Crippen LogP contribution >= 0.6 is 0 Å². The van der Waals surface area contributed by atoms with Gasteiger partial charge in [0.2, 0.25) is 0 Å². The molecule has 2 rings (SSSR count). The zero-order valence-electron chi connectivity index (χ0n) is 7.10. The van der Waals surface area contributed by atoms with Crippen LogP contribution in [0.15, 0.2) is 0 Å². The van der Waals surface area contributed by atoms with Gasteiger partial charge in [-0.1, -0.05) is 0 Å². The number of piperidine rings is 1. The molecular weight excluding hydrogens is 136 g/mol. The van der Waals surface area contributed by atoms with Gasteiger partial charge in [-0.25, -0.2) is 0 Å². The van der Waals surface area contributed by atoms with Crippen molar-refractivity contribution in [3.63, 3.8) is 0 Å². The predicted octanol–water partition coefficient (Wildman–Crippen LogP) is 0.867. The van der Waals surface area contributed by atoms with E-state index in [4.69, 9.17) is 5.73 Å². The van der Waals surface area contributed by atoms with Gasteiger partial charge in [-0.2, -0.15) is 0 Å². The van der Waals surface area contributed by atoms with Gasteiger partial charge in [0, 0.05) is 5.54 Å². The van der Waals surface area contributed by atoms with Crippen molar-refractivity contribution in [2.45, 2.75) is 37.6 Å². The fourth-order valence-electron chi connectivity index (χ4n) is 2.03. The van der Waals surface area contributed by atoms with Gasteiger partial charge in [-0.3, -0.25) is 0 Å². The Morgan fingerprint density at radius 2 is 1.91 bits per heavy atom. The molecule has 0 radical (unpaired) electrons. The van der Waals surface area contributed by atoms with Crippen molar-refractivity contribution in [2.75, 3.05) is 13.1 Å². The Labute approximate surface area is 68.5 Å². The fraction of sp³-hybridized carbons (Fsp3) is 1.00. The summed E-state index contributed by atoms with van der Waals surface area (Å²) in [5.41, 5.74) is 6.34. The summed E-state index contributed by atoms with van der Waals surface area (Å²) in [6.07, 6.45) is 6.53. The van der Waals surface area contributed by atoms with E-state index in [2.05, 4.69) is 5.32 Å². The molecule has 0 aromatic carbocycles. The highest BCUT2D eigenvalue weighted by Gasteiger charge is 2.39. The summed E-state index contributed by atoms with van der Waals surface area (Å²) in [4.78, 5) is 0. The van der Waals surface area contributed by atoms with Crippen LogP contribution in [0.4, 0.5) is 0 Å². The molecule has 0 bridgehead atoms. The zero-order valence-corrected chi connectivity index (χ0v) is 7.10. The summed E-state index contributed by atoms with van der Waals surface area (Å²) in [6.45, 7) is 2.42. The third-order valence-corrected chi connectivity index (χ3v) is 3.05. The second kappa shape index (κ2) is 2.76. The molecule has 0 aromatic heterocycles. The number of rotatable bonds is 2. The van der Waals surface area contributed by atoms with Crippen molar-refractivity contribution < 1.29 is 0 Å². The van der Waals surface area contributed by atoms with Crippen LogP contribution in [-0.4, -0.2) is 18.6 Å². The number of hydrogen-bond donors (Lipinski definition) is 2. The lowest BCUT2D eigenvalue weighted by atomic mass is 9.90. The first-order chi connectivity index (χ1) is 5.29. The van der Waals surface area contributed by atoms with Crippen molar-refractivity contribution in [1.82, 2.24) is 5.32 Å². The summed E-state index contributed by atoms with van der Waals surface area (Å²) in [5, 5.41) is 3.38. The molecular formula is C9H18N2. The van der Waals surface area contributed by atoms with E-state index in [9.17, 15) is 0 Å². The van der Waals surface area contributed by atoms with Gasteiger partial charge in [-0.15, -0.1) is 0 Å². The normalized spacial score (nSPS) is 30.3. The number of nitrogens with one attached hydrogen (secondary N) is 1. The van der Waals surface area contributed by atoms with Crippen LogP contribution in [0, 0.1) is 5.92 Å². The zero-order chi connectivity index (χ0) is 7.73. The monoisotopic (exact) mass is 154 g/mol. The van der Waals surface area contributed by atoms with Crippen LogP contribution in [0.25, 0.3) is 0 Å². The molecule has 0 aromatic rings. The SMILES string of the molecule is NC1(CC2CCNCC2)CC1. The molecule has 3 N–H and O–H groups in total. The minimum Gasteiger partial charge on any atom is -0.325 e. The van der Waals surface area contributed by atoms with Crippen LogP contribution in [-0.2, 0) is 0 Å². The minimum absolute atomic E-state index is 0.280. The molecule has 2 nitrogen and oxygen atoms in total.